The van der Waals surface area contributed by atoms with E-state index in [0.717, 1.165) is 36.7 Å². The summed E-state index contributed by atoms with van der Waals surface area (Å²) in [5.41, 5.74) is 0.0842. The Morgan fingerprint density at radius 2 is 2.10 bits per heavy atom. The van der Waals surface area contributed by atoms with E-state index in [9.17, 15) is 9.90 Å². The molecule has 2 N–H and O–H groups in total. The number of nitrogens with one attached hydrogen (secondary N) is 1. The zero-order valence-corrected chi connectivity index (χ0v) is 11.8. The summed E-state index contributed by atoms with van der Waals surface area (Å²) >= 11 is 0. The predicted octanol–water partition coefficient (Wildman–Crippen LogP) is 2.87. The van der Waals surface area contributed by atoms with Crippen molar-refractivity contribution in [3.63, 3.8) is 0 Å². The van der Waals surface area contributed by atoms with Gasteiger partial charge in [-0.05, 0) is 31.1 Å². The van der Waals surface area contributed by atoms with E-state index in [1.54, 1.807) is 6.08 Å². The van der Waals surface area contributed by atoms with Crippen LogP contribution in [0.25, 0.3) is 17.0 Å². The largest absolute Gasteiger partial charge is 0.457 e. The molecule has 2 aromatic rings. The second-order valence-electron chi connectivity index (χ2n) is 5.67. The predicted molar refractivity (Wildman–Crippen MR) is 81.7 cm³/mol. The smallest absolute Gasteiger partial charge is 0.244 e. The lowest BCUT2D eigenvalue weighted by atomic mass is 10.0. The van der Waals surface area contributed by atoms with Crippen LogP contribution in [0.1, 0.15) is 31.4 Å². The van der Waals surface area contributed by atoms with Gasteiger partial charge >= 0.3 is 0 Å². The molecule has 1 heterocycles. The highest BCUT2D eigenvalue weighted by Crippen LogP contribution is 2.28. The minimum atomic E-state index is -0.719. The topological polar surface area (TPSA) is 62.5 Å². The van der Waals surface area contributed by atoms with Gasteiger partial charge < -0.3 is 14.8 Å². The fraction of sp³-hybridized carbons (Fsp3) is 0.353. The summed E-state index contributed by atoms with van der Waals surface area (Å²) in [6.45, 7) is 0.316. The van der Waals surface area contributed by atoms with E-state index in [1.807, 2.05) is 30.3 Å². The maximum Gasteiger partial charge on any atom is 0.244 e. The fourth-order valence-corrected chi connectivity index (χ4v) is 2.76. The molecule has 1 amide bonds. The standard InChI is InChI=1S/C17H19NO3/c19-16(18-12-17(20)9-3-4-10-17)8-7-14-11-13-5-1-2-6-15(13)21-14/h1-2,5-8,11,20H,3-4,9-10,12H2,(H,18,19). The molecule has 1 saturated carbocycles. The summed E-state index contributed by atoms with van der Waals surface area (Å²) < 4.78 is 5.60. The van der Waals surface area contributed by atoms with Crippen LogP contribution < -0.4 is 5.32 Å². The second kappa shape index (κ2) is 5.74. The van der Waals surface area contributed by atoms with Gasteiger partial charge in [-0.3, -0.25) is 4.79 Å². The molecule has 0 unspecified atom stereocenters. The Labute approximate surface area is 123 Å². The number of para-hydroxylation sites is 1. The lowest BCUT2D eigenvalue weighted by Gasteiger charge is -2.21. The third kappa shape index (κ3) is 3.34. The van der Waals surface area contributed by atoms with Crippen molar-refractivity contribution in [3.8, 4) is 0 Å². The monoisotopic (exact) mass is 285 g/mol. The van der Waals surface area contributed by atoms with Crippen molar-refractivity contribution < 1.29 is 14.3 Å². The quantitative estimate of drug-likeness (QED) is 0.849. The van der Waals surface area contributed by atoms with Gasteiger partial charge in [0, 0.05) is 18.0 Å². The van der Waals surface area contributed by atoms with Gasteiger partial charge in [0.15, 0.2) is 0 Å². The van der Waals surface area contributed by atoms with Crippen LogP contribution in [0.2, 0.25) is 0 Å². The van der Waals surface area contributed by atoms with Gasteiger partial charge in [-0.15, -0.1) is 0 Å². The lowest BCUT2D eigenvalue weighted by molar-refractivity contribution is -0.117. The molecule has 1 aliphatic carbocycles. The molecule has 4 nitrogen and oxygen atoms in total. The maximum absolute atomic E-state index is 11.8. The lowest BCUT2D eigenvalue weighted by Crippen LogP contribution is -2.40. The van der Waals surface area contributed by atoms with Gasteiger partial charge in [-0.1, -0.05) is 31.0 Å². The number of hydrogen-bond acceptors (Lipinski definition) is 3. The molecule has 1 fully saturated rings. The molecule has 0 radical (unpaired) electrons. The average molecular weight is 285 g/mol. The van der Waals surface area contributed by atoms with E-state index < -0.39 is 5.60 Å². The molecule has 0 bridgehead atoms. The van der Waals surface area contributed by atoms with Gasteiger partial charge in [-0.25, -0.2) is 0 Å². The summed E-state index contributed by atoms with van der Waals surface area (Å²) in [5, 5.41) is 13.9. The van der Waals surface area contributed by atoms with E-state index in [-0.39, 0.29) is 5.91 Å². The van der Waals surface area contributed by atoms with Crippen molar-refractivity contribution in [2.24, 2.45) is 0 Å². The normalized spacial score (nSPS) is 17.6. The Morgan fingerprint density at radius 3 is 2.86 bits per heavy atom. The van der Waals surface area contributed by atoms with Crippen LogP contribution in [0.3, 0.4) is 0 Å². The summed E-state index contributed by atoms with van der Waals surface area (Å²) in [5.74, 6) is 0.432. The highest BCUT2D eigenvalue weighted by atomic mass is 16.3. The fourth-order valence-electron chi connectivity index (χ4n) is 2.76. The first-order chi connectivity index (χ1) is 10.1. The van der Waals surface area contributed by atoms with Crippen LogP contribution in [-0.4, -0.2) is 23.2 Å². The summed E-state index contributed by atoms with van der Waals surface area (Å²) in [6, 6.07) is 9.60. The zero-order valence-electron chi connectivity index (χ0n) is 11.8. The molecule has 110 valence electrons. The van der Waals surface area contributed by atoms with Crippen LogP contribution in [0, 0.1) is 0 Å². The molecule has 3 rings (SSSR count). The van der Waals surface area contributed by atoms with Crippen molar-refractivity contribution in [1.82, 2.24) is 5.32 Å². The van der Waals surface area contributed by atoms with Gasteiger partial charge in [-0.2, -0.15) is 0 Å². The van der Waals surface area contributed by atoms with Crippen molar-refractivity contribution in [1.29, 1.82) is 0 Å². The Morgan fingerprint density at radius 1 is 1.33 bits per heavy atom. The van der Waals surface area contributed by atoms with Crippen LogP contribution in [0.5, 0.6) is 0 Å². The number of rotatable bonds is 4. The molecular weight excluding hydrogens is 266 g/mol. The van der Waals surface area contributed by atoms with E-state index >= 15 is 0 Å². The van der Waals surface area contributed by atoms with E-state index in [4.69, 9.17) is 4.42 Å². The first-order valence-corrected chi connectivity index (χ1v) is 7.32. The third-order valence-electron chi connectivity index (χ3n) is 3.97. The number of amides is 1. The maximum atomic E-state index is 11.8. The number of fused-ring (bicyclic) bond motifs is 1. The van der Waals surface area contributed by atoms with Crippen LogP contribution in [-0.2, 0) is 4.79 Å². The van der Waals surface area contributed by atoms with Crippen LogP contribution >= 0.6 is 0 Å². The molecule has 4 heteroatoms. The second-order valence-corrected chi connectivity index (χ2v) is 5.67. The Bertz CT molecular complexity index is 632. The Hall–Kier alpha value is -2.07. The summed E-state index contributed by atoms with van der Waals surface area (Å²) in [7, 11) is 0. The Balaban J connectivity index is 1.58. The van der Waals surface area contributed by atoms with Gasteiger partial charge in [0.25, 0.3) is 0 Å². The first kappa shape index (κ1) is 13.9. The van der Waals surface area contributed by atoms with E-state index in [1.165, 1.54) is 6.08 Å². The number of carbonyl (C=O) groups excluding carboxylic acids is 1. The van der Waals surface area contributed by atoms with Crippen molar-refractivity contribution in [3.05, 3.63) is 42.2 Å². The number of furan rings is 1. The van der Waals surface area contributed by atoms with Crippen molar-refractivity contribution >= 4 is 23.0 Å². The number of aliphatic hydroxyl groups is 1. The van der Waals surface area contributed by atoms with Crippen molar-refractivity contribution in [2.75, 3.05) is 6.54 Å². The Kier molecular flexibility index (Phi) is 3.80. The third-order valence-corrected chi connectivity index (χ3v) is 3.97. The van der Waals surface area contributed by atoms with E-state index in [2.05, 4.69) is 5.32 Å². The molecule has 0 atom stereocenters. The first-order valence-electron chi connectivity index (χ1n) is 7.32. The molecular formula is C17H19NO3. The van der Waals surface area contributed by atoms with Gasteiger partial charge in [0.1, 0.15) is 11.3 Å². The average Bonchev–Trinajstić information content (AvgIpc) is 3.09. The summed E-state index contributed by atoms with van der Waals surface area (Å²) in [4.78, 5) is 11.8. The van der Waals surface area contributed by atoms with Crippen LogP contribution in [0.4, 0.5) is 0 Å². The molecule has 1 aromatic carbocycles. The molecule has 1 aromatic heterocycles. The van der Waals surface area contributed by atoms with Gasteiger partial charge in [0.2, 0.25) is 5.91 Å². The zero-order chi connectivity index (χ0) is 14.7. The number of hydrogen-bond donors (Lipinski definition) is 2. The molecule has 1 aliphatic rings. The number of carbonyl (C=O) groups is 1. The highest BCUT2D eigenvalue weighted by molar-refractivity contribution is 5.92. The van der Waals surface area contributed by atoms with E-state index in [0.29, 0.717) is 12.3 Å². The minimum Gasteiger partial charge on any atom is -0.457 e. The van der Waals surface area contributed by atoms with Crippen molar-refractivity contribution in [2.45, 2.75) is 31.3 Å². The molecule has 0 spiro atoms. The van der Waals surface area contributed by atoms with Gasteiger partial charge in [0.05, 0.1) is 5.60 Å². The highest BCUT2D eigenvalue weighted by Gasteiger charge is 2.30. The molecule has 0 aliphatic heterocycles. The SMILES string of the molecule is O=C(C=Cc1cc2ccccc2o1)NCC1(O)CCCC1. The molecule has 0 saturated heterocycles. The molecule has 21 heavy (non-hydrogen) atoms. The summed E-state index contributed by atoms with van der Waals surface area (Å²) in [6.07, 6.45) is 6.67. The van der Waals surface area contributed by atoms with Crippen LogP contribution in [0.15, 0.2) is 40.8 Å². The number of benzene rings is 1. The minimum absolute atomic E-state index is 0.212.